The predicted molar refractivity (Wildman–Crippen MR) is 82.7 cm³/mol. The van der Waals surface area contributed by atoms with Crippen molar-refractivity contribution in [2.45, 2.75) is 32.6 Å². The highest BCUT2D eigenvalue weighted by atomic mass is 79.9. The number of benzene rings is 1. The molecule has 0 aliphatic heterocycles. The molecule has 1 aromatic rings. The van der Waals surface area contributed by atoms with E-state index in [1.165, 1.54) is 5.56 Å². The molecule has 1 aliphatic rings. The van der Waals surface area contributed by atoms with Crippen molar-refractivity contribution in [2.75, 3.05) is 6.61 Å². The van der Waals surface area contributed by atoms with Gasteiger partial charge >= 0.3 is 0 Å². The van der Waals surface area contributed by atoms with Crippen molar-refractivity contribution < 1.29 is 14.3 Å². The van der Waals surface area contributed by atoms with Crippen molar-refractivity contribution in [1.29, 1.82) is 0 Å². The average Bonchev–Trinajstić information content (AvgIpc) is 3.27. The number of hydrogen-bond donors (Lipinski definition) is 2. The molecule has 114 valence electrons. The molecule has 0 bridgehead atoms. The van der Waals surface area contributed by atoms with Gasteiger partial charge in [-0.3, -0.25) is 20.4 Å². The zero-order chi connectivity index (χ0) is 15.4. The number of nitrogens with one attached hydrogen (secondary N) is 2. The van der Waals surface area contributed by atoms with E-state index in [1.807, 2.05) is 18.2 Å². The van der Waals surface area contributed by atoms with E-state index in [1.54, 1.807) is 0 Å². The molecule has 1 aromatic carbocycles. The molecule has 1 aliphatic carbocycles. The van der Waals surface area contributed by atoms with E-state index >= 15 is 0 Å². The second-order valence-electron chi connectivity index (χ2n) is 5.44. The summed E-state index contributed by atoms with van der Waals surface area (Å²) in [7, 11) is 0. The third kappa shape index (κ3) is 4.74. The van der Waals surface area contributed by atoms with Crippen molar-refractivity contribution in [2.24, 2.45) is 5.92 Å². The van der Waals surface area contributed by atoms with Gasteiger partial charge in [0.2, 0.25) is 5.91 Å². The molecule has 0 atom stereocenters. The number of rotatable bonds is 5. The van der Waals surface area contributed by atoms with Gasteiger partial charge in [-0.1, -0.05) is 19.9 Å². The molecule has 0 radical (unpaired) electrons. The molecule has 0 unspecified atom stereocenters. The van der Waals surface area contributed by atoms with Crippen molar-refractivity contribution in [3.05, 3.63) is 28.2 Å². The van der Waals surface area contributed by atoms with Gasteiger partial charge in [-0.25, -0.2) is 0 Å². The molecule has 6 heteroatoms. The van der Waals surface area contributed by atoms with Gasteiger partial charge in [0, 0.05) is 5.92 Å². The normalized spacial score (nSPS) is 13.9. The average molecular weight is 355 g/mol. The molecule has 21 heavy (non-hydrogen) atoms. The summed E-state index contributed by atoms with van der Waals surface area (Å²) in [5.74, 6) is 0.568. The summed E-state index contributed by atoms with van der Waals surface area (Å²) in [4.78, 5) is 22.9. The molecule has 1 fully saturated rings. The quantitative estimate of drug-likeness (QED) is 0.798. The summed E-state index contributed by atoms with van der Waals surface area (Å²) >= 11 is 3.43. The molecule has 5 nitrogen and oxygen atoms in total. The Morgan fingerprint density at radius 3 is 2.62 bits per heavy atom. The number of carbonyl (C=O) groups is 2. The Morgan fingerprint density at radius 2 is 2.05 bits per heavy atom. The predicted octanol–water partition coefficient (Wildman–Crippen LogP) is 2.51. The molecule has 2 amide bonds. The van der Waals surface area contributed by atoms with E-state index < -0.39 is 0 Å². The van der Waals surface area contributed by atoms with Crippen LogP contribution < -0.4 is 15.6 Å². The third-order valence-corrected chi connectivity index (χ3v) is 3.87. The van der Waals surface area contributed by atoms with Gasteiger partial charge in [0.05, 0.1) is 4.47 Å². The minimum absolute atomic E-state index is 0.0592. The first kappa shape index (κ1) is 15.8. The summed E-state index contributed by atoms with van der Waals surface area (Å²) < 4.78 is 6.24. The van der Waals surface area contributed by atoms with Crippen LogP contribution in [0, 0.1) is 5.92 Å². The molecular weight excluding hydrogens is 336 g/mol. The number of carbonyl (C=O) groups excluding carboxylic acids is 2. The lowest BCUT2D eigenvalue weighted by Gasteiger charge is -2.12. The van der Waals surface area contributed by atoms with E-state index in [4.69, 9.17) is 4.74 Å². The topological polar surface area (TPSA) is 67.4 Å². The third-order valence-electron chi connectivity index (χ3n) is 3.25. The Morgan fingerprint density at radius 1 is 1.33 bits per heavy atom. The van der Waals surface area contributed by atoms with E-state index in [2.05, 4.69) is 40.6 Å². The van der Waals surface area contributed by atoms with Crippen LogP contribution in [0.2, 0.25) is 0 Å². The maximum atomic E-state index is 11.6. The van der Waals surface area contributed by atoms with Crippen molar-refractivity contribution in [3.63, 3.8) is 0 Å². The number of ether oxygens (including phenoxy) is 1. The smallest absolute Gasteiger partial charge is 0.276 e. The number of hydrogen-bond acceptors (Lipinski definition) is 3. The van der Waals surface area contributed by atoms with Crippen LogP contribution in [0.5, 0.6) is 5.75 Å². The van der Waals surface area contributed by atoms with E-state index in [9.17, 15) is 9.59 Å². The van der Waals surface area contributed by atoms with Gasteiger partial charge in [-0.05, 0) is 52.4 Å². The fourth-order valence-corrected chi connectivity index (χ4v) is 2.26. The first-order valence-electron chi connectivity index (χ1n) is 6.98. The highest BCUT2D eigenvalue weighted by Crippen LogP contribution is 2.29. The van der Waals surface area contributed by atoms with Crippen LogP contribution in [0.15, 0.2) is 22.7 Å². The standard InChI is InChI=1S/C15H19BrN2O3/c1-9(2)11-5-6-13(12(16)7-11)21-8-14(19)17-18-15(20)10-3-4-10/h5-7,9-10H,3-4,8H2,1-2H3,(H,17,19)(H,18,20). The van der Waals surface area contributed by atoms with Crippen LogP contribution in [0.25, 0.3) is 0 Å². The van der Waals surface area contributed by atoms with Crippen LogP contribution in [-0.4, -0.2) is 18.4 Å². The van der Waals surface area contributed by atoms with Crippen LogP contribution in [0.4, 0.5) is 0 Å². The molecule has 2 N–H and O–H groups in total. The van der Waals surface area contributed by atoms with Gasteiger partial charge in [0.15, 0.2) is 6.61 Å². The van der Waals surface area contributed by atoms with Gasteiger partial charge < -0.3 is 4.74 Å². The maximum absolute atomic E-state index is 11.6. The molecule has 2 rings (SSSR count). The number of halogens is 1. The van der Waals surface area contributed by atoms with Crippen molar-refractivity contribution in [1.82, 2.24) is 10.9 Å². The van der Waals surface area contributed by atoms with Crippen molar-refractivity contribution >= 4 is 27.7 Å². The minimum atomic E-state index is -0.385. The van der Waals surface area contributed by atoms with Crippen molar-refractivity contribution in [3.8, 4) is 5.75 Å². The monoisotopic (exact) mass is 354 g/mol. The Labute approximate surface area is 132 Å². The minimum Gasteiger partial charge on any atom is -0.483 e. The molecule has 0 aromatic heterocycles. The lowest BCUT2D eigenvalue weighted by atomic mass is 10.0. The summed E-state index contributed by atoms with van der Waals surface area (Å²) in [5.41, 5.74) is 5.92. The summed E-state index contributed by atoms with van der Waals surface area (Å²) in [6, 6.07) is 5.78. The van der Waals surface area contributed by atoms with E-state index in [0.717, 1.165) is 17.3 Å². The summed E-state index contributed by atoms with van der Waals surface area (Å²) in [6.45, 7) is 4.07. The fourth-order valence-electron chi connectivity index (χ4n) is 1.75. The first-order chi connectivity index (χ1) is 9.97. The Bertz CT molecular complexity index is 542. The summed E-state index contributed by atoms with van der Waals surface area (Å²) in [6.07, 6.45) is 1.79. The van der Waals surface area contributed by atoms with Gasteiger partial charge in [0.1, 0.15) is 5.75 Å². The van der Waals surface area contributed by atoms with Crippen LogP contribution in [-0.2, 0) is 9.59 Å². The summed E-state index contributed by atoms with van der Waals surface area (Å²) in [5, 5.41) is 0. The highest BCUT2D eigenvalue weighted by molar-refractivity contribution is 9.10. The van der Waals surface area contributed by atoms with Crippen LogP contribution in [0.3, 0.4) is 0 Å². The molecule has 0 saturated heterocycles. The highest BCUT2D eigenvalue weighted by Gasteiger charge is 2.29. The maximum Gasteiger partial charge on any atom is 0.276 e. The fraction of sp³-hybridized carbons (Fsp3) is 0.467. The second kappa shape index (κ2) is 6.93. The number of amides is 2. The lowest BCUT2D eigenvalue weighted by Crippen LogP contribution is -2.44. The zero-order valence-electron chi connectivity index (χ0n) is 12.1. The van der Waals surface area contributed by atoms with E-state index in [0.29, 0.717) is 11.7 Å². The van der Waals surface area contributed by atoms with Gasteiger partial charge in [0.25, 0.3) is 5.91 Å². The Balaban J connectivity index is 1.79. The Kier molecular flexibility index (Phi) is 5.22. The van der Waals surface area contributed by atoms with Crippen LogP contribution >= 0.6 is 15.9 Å². The number of hydrazine groups is 1. The van der Waals surface area contributed by atoms with E-state index in [-0.39, 0.29) is 24.3 Å². The molecule has 1 saturated carbocycles. The van der Waals surface area contributed by atoms with Gasteiger partial charge in [-0.15, -0.1) is 0 Å². The SMILES string of the molecule is CC(C)c1ccc(OCC(=O)NNC(=O)C2CC2)c(Br)c1. The van der Waals surface area contributed by atoms with Gasteiger partial charge in [-0.2, -0.15) is 0 Å². The Hall–Kier alpha value is -1.56. The largest absolute Gasteiger partial charge is 0.483 e. The molecular formula is C15H19BrN2O3. The first-order valence-corrected chi connectivity index (χ1v) is 7.77. The van der Waals surface area contributed by atoms with Crippen LogP contribution in [0.1, 0.15) is 38.2 Å². The molecule has 0 heterocycles. The second-order valence-corrected chi connectivity index (χ2v) is 6.30. The zero-order valence-corrected chi connectivity index (χ0v) is 13.7. The lowest BCUT2D eigenvalue weighted by molar-refractivity contribution is -0.130. The molecule has 0 spiro atoms.